The van der Waals surface area contributed by atoms with E-state index in [1.54, 1.807) is 17.5 Å². The van der Waals surface area contributed by atoms with Gasteiger partial charge in [-0.2, -0.15) is 0 Å². The molecule has 2 N–H and O–H groups in total. The van der Waals surface area contributed by atoms with Gasteiger partial charge in [-0.1, -0.05) is 0 Å². The summed E-state index contributed by atoms with van der Waals surface area (Å²) in [6.45, 7) is 13.0. The van der Waals surface area contributed by atoms with Crippen LogP contribution in [0.15, 0.2) is 24.5 Å². The lowest BCUT2D eigenvalue weighted by atomic mass is 9.99. The summed E-state index contributed by atoms with van der Waals surface area (Å²) < 4.78 is 5.83. The SMILES string of the molecule is Cc1ccc(-c2c[nH]cc2C(=O)NCC(C)(C)N2CC(C)OC(C)C2)s1. The van der Waals surface area contributed by atoms with Crippen LogP contribution in [0.25, 0.3) is 10.4 Å². The highest BCUT2D eigenvalue weighted by atomic mass is 32.1. The number of nitrogens with one attached hydrogen (secondary N) is 2. The number of hydrogen-bond donors (Lipinski definition) is 2. The number of ether oxygens (including phenoxy) is 1. The normalized spacial score (nSPS) is 21.7. The smallest absolute Gasteiger partial charge is 0.253 e. The van der Waals surface area contributed by atoms with Crippen molar-refractivity contribution in [3.8, 4) is 10.4 Å². The van der Waals surface area contributed by atoms with Gasteiger partial charge in [0.2, 0.25) is 0 Å². The summed E-state index contributed by atoms with van der Waals surface area (Å²) in [5.41, 5.74) is 1.54. The largest absolute Gasteiger partial charge is 0.373 e. The Kier molecular flexibility index (Phi) is 5.55. The summed E-state index contributed by atoms with van der Waals surface area (Å²) >= 11 is 1.70. The molecule has 3 rings (SSSR count). The summed E-state index contributed by atoms with van der Waals surface area (Å²) in [6.07, 6.45) is 4.11. The Morgan fingerprint density at radius 1 is 1.31 bits per heavy atom. The van der Waals surface area contributed by atoms with Gasteiger partial charge in [0.05, 0.1) is 17.8 Å². The zero-order valence-electron chi connectivity index (χ0n) is 16.3. The van der Waals surface area contributed by atoms with E-state index in [2.05, 4.69) is 62.0 Å². The van der Waals surface area contributed by atoms with E-state index in [4.69, 9.17) is 4.74 Å². The number of H-pyrrole nitrogens is 1. The van der Waals surface area contributed by atoms with Gasteiger partial charge in [-0.05, 0) is 46.8 Å². The molecule has 142 valence electrons. The van der Waals surface area contributed by atoms with Crippen molar-refractivity contribution in [3.05, 3.63) is 35.0 Å². The maximum absolute atomic E-state index is 12.8. The molecule has 2 atom stereocenters. The van der Waals surface area contributed by atoms with Crippen LogP contribution < -0.4 is 5.32 Å². The molecule has 0 bridgehead atoms. The molecule has 1 fully saturated rings. The van der Waals surface area contributed by atoms with Gasteiger partial charge in [0.15, 0.2) is 0 Å². The molecule has 26 heavy (non-hydrogen) atoms. The van der Waals surface area contributed by atoms with Crippen molar-refractivity contribution in [1.82, 2.24) is 15.2 Å². The van der Waals surface area contributed by atoms with Gasteiger partial charge in [-0.3, -0.25) is 9.69 Å². The Morgan fingerprint density at radius 2 is 2.00 bits per heavy atom. The van der Waals surface area contributed by atoms with Gasteiger partial charge in [-0.25, -0.2) is 0 Å². The number of amides is 1. The third kappa shape index (κ3) is 4.19. The topological polar surface area (TPSA) is 57.4 Å². The molecular weight excluding hydrogens is 346 g/mol. The minimum atomic E-state index is -0.127. The van der Waals surface area contributed by atoms with Crippen molar-refractivity contribution >= 4 is 17.2 Å². The highest BCUT2D eigenvalue weighted by molar-refractivity contribution is 7.15. The number of morpholine rings is 1. The summed E-state index contributed by atoms with van der Waals surface area (Å²) in [7, 11) is 0. The first kappa shape index (κ1) is 19.1. The number of aromatic amines is 1. The zero-order valence-corrected chi connectivity index (χ0v) is 17.1. The monoisotopic (exact) mass is 375 g/mol. The fourth-order valence-corrected chi connectivity index (χ4v) is 4.41. The van der Waals surface area contributed by atoms with E-state index in [0.717, 1.165) is 23.5 Å². The Balaban J connectivity index is 1.66. The lowest BCUT2D eigenvalue weighted by Gasteiger charge is -2.45. The Labute approximate surface area is 159 Å². The molecule has 3 heterocycles. The Bertz CT molecular complexity index is 755. The highest BCUT2D eigenvalue weighted by Gasteiger charge is 2.33. The fourth-order valence-electron chi connectivity index (χ4n) is 3.51. The summed E-state index contributed by atoms with van der Waals surface area (Å²) in [6, 6.07) is 4.15. The van der Waals surface area contributed by atoms with E-state index in [1.807, 2.05) is 6.20 Å². The molecule has 1 aliphatic rings. The molecule has 0 spiro atoms. The van der Waals surface area contributed by atoms with Gasteiger partial charge in [0, 0.05) is 52.9 Å². The van der Waals surface area contributed by atoms with Crippen molar-refractivity contribution in [1.29, 1.82) is 0 Å². The molecule has 2 aromatic heterocycles. The molecule has 1 saturated heterocycles. The summed E-state index contributed by atoms with van der Waals surface area (Å²) in [5, 5.41) is 3.13. The molecule has 1 aliphatic heterocycles. The first-order valence-corrected chi connectivity index (χ1v) is 10.0. The molecule has 2 aromatic rings. The van der Waals surface area contributed by atoms with Crippen molar-refractivity contribution in [2.24, 2.45) is 0 Å². The number of carbonyl (C=O) groups is 1. The standard InChI is InChI=1S/C20H29N3O2S/c1-13-10-23(11-14(2)25-13)20(4,5)12-22-19(24)17-9-21-8-16(17)18-7-6-15(3)26-18/h6-9,13-14,21H,10-12H2,1-5H3,(H,22,24). The molecule has 6 heteroatoms. The van der Waals surface area contributed by atoms with Crippen LogP contribution in [-0.2, 0) is 4.74 Å². The predicted octanol–water partition coefficient (Wildman–Crippen LogP) is 3.67. The number of rotatable bonds is 5. The summed E-state index contributed by atoms with van der Waals surface area (Å²) in [5.74, 6) is -0.0327. The van der Waals surface area contributed by atoms with E-state index in [9.17, 15) is 4.79 Å². The number of carbonyl (C=O) groups excluding carboxylic acids is 1. The maximum atomic E-state index is 12.8. The number of hydrogen-bond acceptors (Lipinski definition) is 4. The minimum absolute atomic E-state index is 0.0327. The van der Waals surface area contributed by atoms with Gasteiger partial charge in [-0.15, -0.1) is 11.3 Å². The average Bonchev–Trinajstić information content (AvgIpc) is 3.20. The lowest BCUT2D eigenvalue weighted by Crippen LogP contribution is -2.58. The zero-order chi connectivity index (χ0) is 18.9. The van der Waals surface area contributed by atoms with E-state index in [-0.39, 0.29) is 23.7 Å². The van der Waals surface area contributed by atoms with E-state index >= 15 is 0 Å². The second-order valence-corrected chi connectivity index (χ2v) is 9.14. The van der Waals surface area contributed by atoms with Crippen LogP contribution in [0.1, 0.15) is 42.9 Å². The van der Waals surface area contributed by atoms with Crippen LogP contribution in [0.3, 0.4) is 0 Å². The van der Waals surface area contributed by atoms with Crippen LogP contribution in [-0.4, -0.2) is 53.2 Å². The summed E-state index contributed by atoms with van der Waals surface area (Å²) in [4.78, 5) is 20.6. The molecule has 2 unspecified atom stereocenters. The fraction of sp³-hybridized carbons (Fsp3) is 0.550. The van der Waals surface area contributed by atoms with Crippen LogP contribution >= 0.6 is 11.3 Å². The Morgan fingerprint density at radius 3 is 2.62 bits per heavy atom. The van der Waals surface area contributed by atoms with Crippen LogP contribution in [0.4, 0.5) is 0 Å². The quantitative estimate of drug-likeness (QED) is 0.838. The molecule has 0 radical (unpaired) electrons. The van der Waals surface area contributed by atoms with Gasteiger partial charge >= 0.3 is 0 Å². The van der Waals surface area contributed by atoms with Crippen LogP contribution in [0.2, 0.25) is 0 Å². The second-order valence-electron chi connectivity index (χ2n) is 7.85. The Hall–Kier alpha value is -1.63. The van der Waals surface area contributed by atoms with Crippen molar-refractivity contribution in [3.63, 3.8) is 0 Å². The van der Waals surface area contributed by atoms with Gasteiger partial charge in [0.1, 0.15) is 0 Å². The van der Waals surface area contributed by atoms with E-state index < -0.39 is 0 Å². The van der Waals surface area contributed by atoms with E-state index in [0.29, 0.717) is 12.1 Å². The van der Waals surface area contributed by atoms with E-state index in [1.165, 1.54) is 4.88 Å². The predicted molar refractivity (Wildman–Crippen MR) is 107 cm³/mol. The average molecular weight is 376 g/mol. The molecular formula is C20H29N3O2S. The maximum Gasteiger partial charge on any atom is 0.253 e. The first-order valence-electron chi connectivity index (χ1n) is 9.18. The van der Waals surface area contributed by atoms with Crippen molar-refractivity contribution in [2.45, 2.75) is 52.4 Å². The highest BCUT2D eigenvalue weighted by Crippen LogP contribution is 2.30. The second kappa shape index (κ2) is 7.55. The van der Waals surface area contributed by atoms with Crippen molar-refractivity contribution < 1.29 is 9.53 Å². The van der Waals surface area contributed by atoms with Gasteiger partial charge in [0.25, 0.3) is 5.91 Å². The number of nitrogens with zero attached hydrogens (tertiary/aromatic N) is 1. The third-order valence-corrected chi connectivity index (χ3v) is 5.99. The van der Waals surface area contributed by atoms with Crippen molar-refractivity contribution in [2.75, 3.05) is 19.6 Å². The molecule has 5 nitrogen and oxygen atoms in total. The van der Waals surface area contributed by atoms with Gasteiger partial charge < -0.3 is 15.0 Å². The molecule has 0 saturated carbocycles. The molecule has 0 aromatic carbocycles. The molecule has 0 aliphatic carbocycles. The molecule has 1 amide bonds. The van der Waals surface area contributed by atoms with Crippen LogP contribution in [0.5, 0.6) is 0 Å². The number of aryl methyl sites for hydroxylation is 1. The first-order chi connectivity index (χ1) is 12.3. The minimum Gasteiger partial charge on any atom is -0.373 e. The lowest BCUT2D eigenvalue weighted by molar-refractivity contribution is -0.0948. The number of thiophene rings is 1. The number of aromatic nitrogens is 1. The third-order valence-electron chi connectivity index (χ3n) is 4.95. The van der Waals surface area contributed by atoms with Crippen LogP contribution in [0, 0.1) is 6.92 Å².